The Bertz CT molecular complexity index is 662. The molecule has 0 fully saturated rings. The number of halogens is 1. The van der Waals surface area contributed by atoms with Gasteiger partial charge in [-0.2, -0.15) is 0 Å². The summed E-state index contributed by atoms with van der Waals surface area (Å²) in [6, 6.07) is 4.12. The van der Waals surface area contributed by atoms with Gasteiger partial charge in [-0.25, -0.2) is 9.18 Å². The normalized spacial score (nSPS) is 11.2. The average Bonchev–Trinajstić information content (AvgIpc) is 2.73. The maximum absolute atomic E-state index is 14.0. The number of hydrogen-bond donors (Lipinski definition) is 2. The first-order valence-corrected chi connectivity index (χ1v) is 6.26. The van der Waals surface area contributed by atoms with Crippen molar-refractivity contribution < 1.29 is 18.4 Å². The van der Waals surface area contributed by atoms with Crippen LogP contribution >= 0.6 is 0 Å². The summed E-state index contributed by atoms with van der Waals surface area (Å²) in [5, 5.41) is 5.94. The van der Waals surface area contributed by atoms with Crippen LogP contribution in [0.1, 0.15) is 20.8 Å². The SMILES string of the molecule is CC(C)(C)OC(=O)Nc1ccc(-c2oncc2N)c(F)c1. The standard InChI is InChI=1S/C14H16FN3O3/c1-14(2,3)20-13(19)18-8-4-5-9(10(15)6-8)12-11(16)7-17-21-12/h4-7H,16H2,1-3H3,(H,18,19). The molecule has 1 aromatic carbocycles. The highest BCUT2D eigenvalue weighted by molar-refractivity contribution is 5.85. The van der Waals surface area contributed by atoms with Crippen LogP contribution in [0.4, 0.5) is 20.6 Å². The number of anilines is 2. The minimum atomic E-state index is -0.658. The van der Waals surface area contributed by atoms with E-state index in [2.05, 4.69) is 10.5 Å². The number of carbonyl (C=O) groups is 1. The Labute approximate surface area is 121 Å². The molecular formula is C14H16FN3O3. The number of nitrogens with zero attached hydrogens (tertiary/aromatic N) is 1. The molecule has 0 bridgehead atoms. The highest BCUT2D eigenvalue weighted by Crippen LogP contribution is 2.29. The number of ether oxygens (including phenoxy) is 1. The second-order valence-electron chi connectivity index (χ2n) is 5.43. The van der Waals surface area contributed by atoms with Crippen molar-refractivity contribution in [1.82, 2.24) is 5.16 Å². The lowest BCUT2D eigenvalue weighted by atomic mass is 10.1. The van der Waals surface area contributed by atoms with Gasteiger partial charge in [-0.05, 0) is 39.0 Å². The molecular weight excluding hydrogens is 277 g/mol. The fourth-order valence-electron chi connectivity index (χ4n) is 1.65. The van der Waals surface area contributed by atoms with Crippen molar-refractivity contribution in [2.75, 3.05) is 11.1 Å². The Morgan fingerprint density at radius 3 is 2.67 bits per heavy atom. The molecule has 0 aliphatic heterocycles. The molecule has 0 aliphatic carbocycles. The minimum Gasteiger partial charge on any atom is -0.444 e. The van der Waals surface area contributed by atoms with Gasteiger partial charge in [-0.1, -0.05) is 5.16 Å². The van der Waals surface area contributed by atoms with Crippen LogP contribution in [-0.2, 0) is 4.74 Å². The van der Waals surface area contributed by atoms with Crippen LogP contribution < -0.4 is 11.1 Å². The average molecular weight is 293 g/mol. The lowest BCUT2D eigenvalue weighted by molar-refractivity contribution is 0.0636. The lowest BCUT2D eigenvalue weighted by Gasteiger charge is -2.19. The van der Waals surface area contributed by atoms with Crippen LogP contribution in [0.25, 0.3) is 11.3 Å². The Balaban J connectivity index is 2.17. The fraction of sp³-hybridized carbons (Fsp3) is 0.286. The van der Waals surface area contributed by atoms with Gasteiger partial charge in [-0.3, -0.25) is 5.32 Å². The molecule has 0 aliphatic rings. The lowest BCUT2D eigenvalue weighted by Crippen LogP contribution is -2.27. The number of benzene rings is 1. The molecule has 2 rings (SSSR count). The summed E-state index contributed by atoms with van der Waals surface area (Å²) in [6.07, 6.45) is 0.635. The summed E-state index contributed by atoms with van der Waals surface area (Å²) in [5.41, 5.74) is 5.66. The number of amides is 1. The summed E-state index contributed by atoms with van der Waals surface area (Å²) >= 11 is 0. The van der Waals surface area contributed by atoms with Crippen LogP contribution in [-0.4, -0.2) is 16.9 Å². The van der Waals surface area contributed by atoms with E-state index in [0.29, 0.717) is 0 Å². The number of rotatable bonds is 2. The van der Waals surface area contributed by atoms with Gasteiger partial charge in [0.15, 0.2) is 5.76 Å². The van der Waals surface area contributed by atoms with Crippen LogP contribution in [0.5, 0.6) is 0 Å². The fourth-order valence-corrected chi connectivity index (χ4v) is 1.65. The van der Waals surface area contributed by atoms with Crippen LogP contribution in [0.3, 0.4) is 0 Å². The van der Waals surface area contributed by atoms with E-state index in [9.17, 15) is 9.18 Å². The predicted molar refractivity (Wildman–Crippen MR) is 76.2 cm³/mol. The number of aromatic nitrogens is 1. The first kappa shape index (κ1) is 14.8. The summed E-state index contributed by atoms with van der Waals surface area (Å²) in [4.78, 5) is 11.6. The van der Waals surface area contributed by atoms with Crippen molar-refractivity contribution in [2.45, 2.75) is 26.4 Å². The van der Waals surface area contributed by atoms with E-state index in [-0.39, 0.29) is 22.7 Å². The van der Waals surface area contributed by atoms with Crippen molar-refractivity contribution in [3.8, 4) is 11.3 Å². The molecule has 0 radical (unpaired) electrons. The van der Waals surface area contributed by atoms with Gasteiger partial charge in [0.25, 0.3) is 0 Å². The van der Waals surface area contributed by atoms with Gasteiger partial charge in [0.2, 0.25) is 0 Å². The number of nitrogens with two attached hydrogens (primary N) is 1. The van der Waals surface area contributed by atoms with Crippen molar-refractivity contribution >= 4 is 17.5 Å². The Morgan fingerprint density at radius 1 is 1.43 bits per heavy atom. The molecule has 2 aromatic rings. The number of nitrogen functional groups attached to an aromatic ring is 1. The van der Waals surface area contributed by atoms with Crippen LogP contribution in [0.15, 0.2) is 28.9 Å². The zero-order valence-corrected chi connectivity index (χ0v) is 11.9. The highest BCUT2D eigenvalue weighted by Gasteiger charge is 2.18. The molecule has 7 heteroatoms. The van der Waals surface area contributed by atoms with Gasteiger partial charge in [0.05, 0.1) is 11.8 Å². The molecule has 0 saturated carbocycles. The second-order valence-corrected chi connectivity index (χ2v) is 5.43. The molecule has 0 saturated heterocycles. The third-order valence-corrected chi connectivity index (χ3v) is 2.46. The third-order valence-electron chi connectivity index (χ3n) is 2.46. The van der Waals surface area contributed by atoms with Gasteiger partial charge in [0.1, 0.15) is 17.1 Å². The molecule has 0 unspecified atom stereocenters. The minimum absolute atomic E-state index is 0.149. The quantitative estimate of drug-likeness (QED) is 0.885. The third kappa shape index (κ3) is 3.71. The molecule has 6 nitrogen and oxygen atoms in total. The largest absolute Gasteiger partial charge is 0.444 e. The maximum atomic E-state index is 14.0. The van der Waals surface area contributed by atoms with E-state index in [1.54, 1.807) is 20.8 Å². The first-order chi connectivity index (χ1) is 9.76. The topological polar surface area (TPSA) is 90.4 Å². The first-order valence-electron chi connectivity index (χ1n) is 6.26. The summed E-state index contributed by atoms with van der Waals surface area (Å²) < 4.78 is 24.0. The van der Waals surface area contributed by atoms with Gasteiger partial charge in [-0.15, -0.1) is 0 Å². The van der Waals surface area contributed by atoms with Gasteiger partial charge in [0, 0.05) is 5.69 Å². The van der Waals surface area contributed by atoms with E-state index in [0.717, 1.165) is 6.07 Å². The van der Waals surface area contributed by atoms with Crippen molar-refractivity contribution in [2.24, 2.45) is 0 Å². The summed E-state index contributed by atoms with van der Waals surface area (Å²) in [6.45, 7) is 5.22. The maximum Gasteiger partial charge on any atom is 0.412 e. The monoisotopic (exact) mass is 293 g/mol. The van der Waals surface area contributed by atoms with E-state index in [1.165, 1.54) is 18.3 Å². The van der Waals surface area contributed by atoms with Crippen LogP contribution in [0, 0.1) is 5.82 Å². The molecule has 3 N–H and O–H groups in total. The van der Waals surface area contributed by atoms with Crippen LogP contribution in [0.2, 0.25) is 0 Å². The number of carbonyl (C=O) groups excluding carboxylic acids is 1. The van der Waals surface area contributed by atoms with Gasteiger partial charge < -0.3 is 15.0 Å². The zero-order chi connectivity index (χ0) is 15.6. The Hall–Kier alpha value is -2.57. The molecule has 1 aromatic heterocycles. The molecule has 0 spiro atoms. The smallest absolute Gasteiger partial charge is 0.412 e. The van der Waals surface area contributed by atoms with Gasteiger partial charge >= 0.3 is 6.09 Å². The second kappa shape index (κ2) is 5.43. The van der Waals surface area contributed by atoms with Crippen molar-refractivity contribution in [3.63, 3.8) is 0 Å². The van der Waals surface area contributed by atoms with E-state index < -0.39 is 17.5 Å². The molecule has 1 heterocycles. The van der Waals surface area contributed by atoms with E-state index in [4.69, 9.17) is 15.0 Å². The summed E-state index contributed by atoms with van der Waals surface area (Å²) in [7, 11) is 0. The predicted octanol–water partition coefficient (Wildman–Crippen LogP) is 3.41. The zero-order valence-electron chi connectivity index (χ0n) is 11.9. The van der Waals surface area contributed by atoms with Crippen molar-refractivity contribution in [1.29, 1.82) is 0 Å². The number of hydrogen-bond acceptors (Lipinski definition) is 5. The molecule has 1 amide bonds. The molecule has 21 heavy (non-hydrogen) atoms. The summed E-state index contributed by atoms with van der Waals surface area (Å²) in [5.74, 6) is -0.441. The Morgan fingerprint density at radius 2 is 2.14 bits per heavy atom. The van der Waals surface area contributed by atoms with E-state index in [1.807, 2.05) is 0 Å². The molecule has 112 valence electrons. The Kier molecular flexibility index (Phi) is 3.84. The van der Waals surface area contributed by atoms with E-state index >= 15 is 0 Å². The number of nitrogens with one attached hydrogen (secondary N) is 1. The molecule has 0 atom stereocenters. The highest BCUT2D eigenvalue weighted by atomic mass is 19.1. The van der Waals surface area contributed by atoms with Crippen molar-refractivity contribution in [3.05, 3.63) is 30.2 Å².